The lowest BCUT2D eigenvalue weighted by molar-refractivity contribution is -0.138. The normalized spacial score (nSPS) is 14.9. The molecule has 2 atom stereocenters. The fraction of sp³-hybridized carbons (Fsp3) is 0.417. The Morgan fingerprint density at radius 2 is 2.05 bits per heavy atom. The van der Waals surface area contributed by atoms with Gasteiger partial charge in [-0.2, -0.15) is 13.2 Å². The Hall–Kier alpha value is -1.37. The summed E-state index contributed by atoms with van der Waals surface area (Å²) in [5.74, 6) is -1.27. The smallest absolute Gasteiger partial charge is 0.416 e. The molecular weight excluding hydrogens is 281 g/mol. The molecule has 0 saturated heterocycles. The van der Waals surface area contributed by atoms with Gasteiger partial charge in [0, 0.05) is 4.90 Å². The second-order valence-corrected chi connectivity index (χ2v) is 5.57. The maximum atomic E-state index is 12.5. The van der Waals surface area contributed by atoms with E-state index in [0.29, 0.717) is 6.42 Å². The fourth-order valence-corrected chi connectivity index (χ4v) is 2.96. The lowest BCUT2D eigenvalue weighted by Gasteiger charge is -2.13. The van der Waals surface area contributed by atoms with Crippen LogP contribution in [0.2, 0.25) is 0 Å². The third-order valence-electron chi connectivity index (χ3n) is 2.48. The van der Waals surface area contributed by atoms with E-state index in [2.05, 4.69) is 0 Å². The van der Waals surface area contributed by atoms with Crippen LogP contribution in [0.4, 0.5) is 13.2 Å². The van der Waals surface area contributed by atoms with Crippen LogP contribution in [-0.4, -0.2) is 20.5 Å². The number of aliphatic carboxylic acids is 1. The Kier molecular flexibility index (Phi) is 5.11. The van der Waals surface area contributed by atoms with Gasteiger partial charge in [-0.3, -0.25) is 9.00 Å². The number of carboxylic acid groups (broad SMARTS) is 1. The lowest BCUT2D eigenvalue weighted by atomic mass is 10.2. The monoisotopic (exact) mass is 294 g/mol. The molecule has 0 saturated carbocycles. The number of benzene rings is 1. The molecule has 1 N–H and O–H groups in total. The van der Waals surface area contributed by atoms with Crippen molar-refractivity contribution < 1.29 is 27.3 Å². The van der Waals surface area contributed by atoms with Gasteiger partial charge in [-0.15, -0.1) is 0 Å². The molecule has 0 aliphatic carbocycles. The van der Waals surface area contributed by atoms with Crippen molar-refractivity contribution in [3.8, 4) is 0 Å². The summed E-state index contributed by atoms with van der Waals surface area (Å²) in [6.45, 7) is 1.72. The van der Waals surface area contributed by atoms with Crippen LogP contribution in [0, 0.1) is 0 Å². The first-order chi connectivity index (χ1) is 8.77. The van der Waals surface area contributed by atoms with Gasteiger partial charge in [0.2, 0.25) is 0 Å². The molecule has 0 heterocycles. The van der Waals surface area contributed by atoms with Gasteiger partial charge in [0.25, 0.3) is 0 Å². The van der Waals surface area contributed by atoms with Gasteiger partial charge in [-0.25, -0.2) is 0 Å². The summed E-state index contributed by atoms with van der Waals surface area (Å²) in [5.41, 5.74) is -0.931. The SMILES string of the molecule is CCCC(C(=O)O)S(=O)c1cccc(C(F)(F)F)c1. The molecule has 1 aromatic rings. The van der Waals surface area contributed by atoms with E-state index in [0.717, 1.165) is 18.2 Å². The maximum Gasteiger partial charge on any atom is 0.416 e. The first-order valence-electron chi connectivity index (χ1n) is 5.58. The summed E-state index contributed by atoms with van der Waals surface area (Å²) >= 11 is 0. The van der Waals surface area contributed by atoms with Gasteiger partial charge in [-0.05, 0) is 24.6 Å². The number of hydrogen-bond acceptors (Lipinski definition) is 2. The first-order valence-corrected chi connectivity index (χ1v) is 6.79. The molecule has 1 aromatic carbocycles. The number of rotatable bonds is 5. The van der Waals surface area contributed by atoms with Crippen LogP contribution in [0.1, 0.15) is 25.3 Å². The summed E-state index contributed by atoms with van der Waals surface area (Å²) in [7, 11) is -2.00. The van der Waals surface area contributed by atoms with E-state index in [9.17, 15) is 22.2 Å². The van der Waals surface area contributed by atoms with Crippen LogP contribution >= 0.6 is 0 Å². The van der Waals surface area contributed by atoms with Gasteiger partial charge >= 0.3 is 12.1 Å². The lowest BCUT2D eigenvalue weighted by Crippen LogP contribution is -2.25. The maximum absolute atomic E-state index is 12.5. The number of halogens is 3. The van der Waals surface area contributed by atoms with Crippen molar-refractivity contribution in [3.05, 3.63) is 29.8 Å². The van der Waals surface area contributed by atoms with Gasteiger partial charge in [-0.1, -0.05) is 19.4 Å². The van der Waals surface area contributed by atoms with Crippen LogP contribution in [0.3, 0.4) is 0 Å². The zero-order valence-corrected chi connectivity index (χ0v) is 10.9. The minimum Gasteiger partial charge on any atom is -0.480 e. The molecule has 0 aromatic heterocycles. The van der Waals surface area contributed by atoms with Crippen LogP contribution < -0.4 is 0 Å². The molecule has 19 heavy (non-hydrogen) atoms. The molecule has 0 bridgehead atoms. The first kappa shape index (κ1) is 15.7. The van der Waals surface area contributed by atoms with Crippen LogP contribution in [0.15, 0.2) is 29.2 Å². The van der Waals surface area contributed by atoms with E-state index in [1.54, 1.807) is 6.92 Å². The summed E-state index contributed by atoms with van der Waals surface area (Å²) in [5, 5.41) is 7.76. The van der Waals surface area contributed by atoms with Crippen molar-refractivity contribution >= 4 is 16.8 Å². The number of carboxylic acids is 1. The zero-order valence-electron chi connectivity index (χ0n) is 10.1. The molecular formula is C12H13F3O3S. The predicted octanol–water partition coefficient (Wildman–Crippen LogP) is 3.07. The van der Waals surface area contributed by atoms with Gasteiger partial charge in [0.15, 0.2) is 0 Å². The van der Waals surface area contributed by atoms with Crippen molar-refractivity contribution in [1.82, 2.24) is 0 Å². The summed E-state index contributed by atoms with van der Waals surface area (Å²) in [6.07, 6.45) is -3.90. The minimum absolute atomic E-state index is 0.115. The highest BCUT2D eigenvalue weighted by molar-refractivity contribution is 7.86. The standard InChI is InChI=1S/C12H13F3O3S/c1-2-4-10(11(16)17)19(18)9-6-3-5-8(7-9)12(13,14)15/h3,5-7,10H,2,4H2,1H3,(H,16,17). The summed E-state index contributed by atoms with van der Waals surface area (Å²) in [4.78, 5) is 10.9. The number of hydrogen-bond donors (Lipinski definition) is 1. The number of alkyl halides is 3. The summed E-state index contributed by atoms with van der Waals surface area (Å²) in [6, 6.07) is 3.97. The Balaban J connectivity index is 3.08. The van der Waals surface area contributed by atoms with Crippen molar-refractivity contribution in [2.75, 3.05) is 0 Å². The molecule has 0 aliphatic rings. The zero-order chi connectivity index (χ0) is 14.6. The van der Waals surface area contributed by atoms with Crippen molar-refractivity contribution in [2.45, 2.75) is 36.1 Å². The fourth-order valence-electron chi connectivity index (χ4n) is 1.55. The van der Waals surface area contributed by atoms with E-state index >= 15 is 0 Å². The van der Waals surface area contributed by atoms with Gasteiger partial charge in [0.05, 0.1) is 16.4 Å². The molecule has 0 fully saturated rings. The van der Waals surface area contributed by atoms with E-state index < -0.39 is 33.8 Å². The van der Waals surface area contributed by atoms with Gasteiger partial charge in [0.1, 0.15) is 5.25 Å². The molecule has 7 heteroatoms. The van der Waals surface area contributed by atoms with Gasteiger partial charge < -0.3 is 5.11 Å². The van der Waals surface area contributed by atoms with Crippen molar-refractivity contribution in [1.29, 1.82) is 0 Å². The molecule has 2 unspecified atom stereocenters. The predicted molar refractivity (Wildman–Crippen MR) is 64.2 cm³/mol. The molecule has 3 nitrogen and oxygen atoms in total. The van der Waals surface area contributed by atoms with Crippen LogP contribution in [0.5, 0.6) is 0 Å². The van der Waals surface area contributed by atoms with Crippen molar-refractivity contribution in [3.63, 3.8) is 0 Å². The Morgan fingerprint density at radius 3 is 2.53 bits per heavy atom. The van der Waals surface area contributed by atoms with E-state index in [1.807, 2.05) is 0 Å². The Labute approximate surface area is 110 Å². The van der Waals surface area contributed by atoms with E-state index in [1.165, 1.54) is 6.07 Å². The average molecular weight is 294 g/mol. The topological polar surface area (TPSA) is 54.4 Å². The highest BCUT2D eigenvalue weighted by atomic mass is 32.2. The molecule has 0 radical (unpaired) electrons. The Bertz CT molecular complexity index is 485. The van der Waals surface area contributed by atoms with Crippen LogP contribution in [-0.2, 0) is 21.8 Å². The Morgan fingerprint density at radius 1 is 1.42 bits per heavy atom. The average Bonchev–Trinajstić information content (AvgIpc) is 2.34. The second kappa shape index (κ2) is 6.18. The second-order valence-electron chi connectivity index (χ2n) is 3.94. The molecule has 106 valence electrons. The highest BCUT2D eigenvalue weighted by Crippen LogP contribution is 2.30. The summed E-state index contributed by atoms with van der Waals surface area (Å²) < 4.78 is 49.6. The van der Waals surface area contributed by atoms with Crippen molar-refractivity contribution in [2.24, 2.45) is 0 Å². The third-order valence-corrected chi connectivity index (χ3v) is 4.15. The van der Waals surface area contributed by atoms with E-state index in [-0.39, 0.29) is 11.3 Å². The quantitative estimate of drug-likeness (QED) is 0.908. The third kappa shape index (κ3) is 4.05. The number of carbonyl (C=O) groups is 1. The minimum atomic E-state index is -4.54. The largest absolute Gasteiger partial charge is 0.480 e. The van der Waals surface area contributed by atoms with E-state index in [4.69, 9.17) is 5.11 Å². The molecule has 1 rings (SSSR count). The molecule has 0 spiro atoms. The van der Waals surface area contributed by atoms with Crippen LogP contribution in [0.25, 0.3) is 0 Å². The molecule has 0 amide bonds. The molecule has 0 aliphatic heterocycles. The highest BCUT2D eigenvalue weighted by Gasteiger charge is 2.32.